The van der Waals surface area contributed by atoms with Gasteiger partial charge in [0.15, 0.2) is 0 Å². The van der Waals surface area contributed by atoms with Crippen molar-refractivity contribution >= 4 is 23.2 Å². The van der Waals surface area contributed by atoms with Crippen LogP contribution in [-0.2, 0) is 11.2 Å². The van der Waals surface area contributed by atoms with Gasteiger partial charge in [-0.2, -0.15) is 0 Å². The van der Waals surface area contributed by atoms with Crippen molar-refractivity contribution < 1.29 is 9.59 Å². The Morgan fingerprint density at radius 3 is 2.48 bits per heavy atom. The molecule has 144 valence electrons. The second-order valence-electron chi connectivity index (χ2n) is 6.80. The van der Waals surface area contributed by atoms with Crippen LogP contribution in [0.1, 0.15) is 28.1 Å². The van der Waals surface area contributed by atoms with Crippen molar-refractivity contribution in [3.63, 3.8) is 0 Å². The topological polar surface area (TPSA) is 52.7 Å². The zero-order chi connectivity index (χ0) is 18.9. The van der Waals surface area contributed by atoms with E-state index >= 15 is 0 Å². The predicted molar refractivity (Wildman–Crippen MR) is 109 cm³/mol. The van der Waals surface area contributed by atoms with E-state index in [0.29, 0.717) is 13.0 Å². The Morgan fingerprint density at radius 2 is 1.78 bits per heavy atom. The highest BCUT2D eigenvalue weighted by atomic mass is 32.1. The zero-order valence-electron chi connectivity index (χ0n) is 15.6. The number of hydrogen-bond donors (Lipinski definition) is 1. The fraction of sp³-hybridized carbons (Fsp3) is 0.429. The van der Waals surface area contributed by atoms with E-state index in [0.717, 1.165) is 50.4 Å². The minimum absolute atomic E-state index is 0.123. The molecule has 27 heavy (non-hydrogen) atoms. The summed E-state index contributed by atoms with van der Waals surface area (Å²) in [5.74, 6) is 0.258. The third-order valence-corrected chi connectivity index (χ3v) is 5.71. The summed E-state index contributed by atoms with van der Waals surface area (Å²) >= 11 is 1.50. The first-order valence-corrected chi connectivity index (χ1v) is 10.5. The number of aryl methyl sites for hydroxylation is 1. The highest BCUT2D eigenvalue weighted by molar-refractivity contribution is 7.12. The van der Waals surface area contributed by atoms with Gasteiger partial charge in [-0.3, -0.25) is 14.5 Å². The van der Waals surface area contributed by atoms with Crippen LogP contribution in [0.15, 0.2) is 47.8 Å². The van der Waals surface area contributed by atoms with Crippen LogP contribution in [0, 0.1) is 0 Å². The molecule has 0 unspecified atom stereocenters. The molecule has 2 heterocycles. The molecule has 0 radical (unpaired) electrons. The van der Waals surface area contributed by atoms with Crippen LogP contribution in [0.2, 0.25) is 0 Å². The molecule has 0 bridgehead atoms. The molecule has 5 nitrogen and oxygen atoms in total. The fourth-order valence-electron chi connectivity index (χ4n) is 3.27. The summed E-state index contributed by atoms with van der Waals surface area (Å²) in [6, 6.07) is 14.1. The molecule has 1 N–H and O–H groups in total. The first kappa shape index (κ1) is 19.6. The molecule has 0 atom stereocenters. The van der Waals surface area contributed by atoms with Crippen LogP contribution in [0.4, 0.5) is 0 Å². The van der Waals surface area contributed by atoms with E-state index in [2.05, 4.69) is 22.3 Å². The number of carbonyl (C=O) groups excluding carboxylic acids is 2. The van der Waals surface area contributed by atoms with Crippen LogP contribution in [0.5, 0.6) is 0 Å². The second kappa shape index (κ2) is 10.2. The molecule has 1 saturated heterocycles. The van der Waals surface area contributed by atoms with Crippen molar-refractivity contribution in [2.75, 3.05) is 39.3 Å². The van der Waals surface area contributed by atoms with Crippen molar-refractivity contribution in [2.45, 2.75) is 19.3 Å². The monoisotopic (exact) mass is 385 g/mol. The number of benzene rings is 1. The summed E-state index contributed by atoms with van der Waals surface area (Å²) in [5.41, 5.74) is 1.28. The molecule has 0 spiro atoms. The number of carbonyl (C=O) groups is 2. The van der Waals surface area contributed by atoms with E-state index in [-0.39, 0.29) is 11.8 Å². The fourth-order valence-corrected chi connectivity index (χ4v) is 3.96. The minimum atomic E-state index is 0.123. The summed E-state index contributed by atoms with van der Waals surface area (Å²) in [4.78, 5) is 29.3. The highest BCUT2D eigenvalue weighted by Crippen LogP contribution is 2.13. The van der Waals surface area contributed by atoms with Crippen LogP contribution < -0.4 is 5.32 Å². The Labute approximate surface area is 165 Å². The van der Waals surface area contributed by atoms with Crippen molar-refractivity contribution in [3.8, 4) is 0 Å². The van der Waals surface area contributed by atoms with E-state index in [1.165, 1.54) is 16.9 Å². The molecular formula is C21H27N3O2S. The third-order valence-electron chi connectivity index (χ3n) is 4.85. The molecule has 2 aromatic rings. The van der Waals surface area contributed by atoms with Crippen molar-refractivity contribution in [1.29, 1.82) is 0 Å². The molecule has 0 aliphatic carbocycles. The summed E-state index contributed by atoms with van der Waals surface area (Å²) in [6.07, 6.45) is 2.38. The van der Waals surface area contributed by atoms with Crippen LogP contribution >= 0.6 is 11.3 Å². The third kappa shape index (κ3) is 6.19. The molecule has 6 heteroatoms. The molecule has 1 aliphatic rings. The Balaban J connectivity index is 1.27. The van der Waals surface area contributed by atoms with Gasteiger partial charge in [0.2, 0.25) is 5.91 Å². The first-order chi connectivity index (χ1) is 13.2. The van der Waals surface area contributed by atoms with Crippen molar-refractivity contribution in [2.24, 2.45) is 0 Å². The number of piperazine rings is 1. The first-order valence-electron chi connectivity index (χ1n) is 9.58. The number of rotatable bonds is 8. The van der Waals surface area contributed by atoms with E-state index in [4.69, 9.17) is 0 Å². The Bertz CT molecular complexity index is 710. The molecule has 2 amide bonds. The Morgan fingerprint density at radius 1 is 1.00 bits per heavy atom. The largest absolute Gasteiger partial charge is 0.355 e. The average Bonchev–Trinajstić information content (AvgIpc) is 3.24. The normalized spacial score (nSPS) is 14.9. The van der Waals surface area contributed by atoms with E-state index in [1.54, 1.807) is 0 Å². The SMILES string of the molecule is O=C(CCCc1ccccc1)NCCN1CCN(C(=O)c2cccs2)CC1. The molecule has 1 aliphatic heterocycles. The molecule has 3 rings (SSSR count). The van der Waals surface area contributed by atoms with Gasteiger partial charge in [0.05, 0.1) is 4.88 Å². The van der Waals surface area contributed by atoms with E-state index in [9.17, 15) is 9.59 Å². The Hall–Kier alpha value is -2.18. The minimum Gasteiger partial charge on any atom is -0.355 e. The smallest absolute Gasteiger partial charge is 0.264 e. The summed E-state index contributed by atoms with van der Waals surface area (Å²) < 4.78 is 0. The lowest BCUT2D eigenvalue weighted by molar-refractivity contribution is -0.121. The molecule has 1 fully saturated rings. The summed E-state index contributed by atoms with van der Waals surface area (Å²) in [6.45, 7) is 4.74. The predicted octanol–water partition coefficient (Wildman–Crippen LogP) is 2.65. The van der Waals surface area contributed by atoms with Gasteiger partial charge < -0.3 is 10.2 Å². The van der Waals surface area contributed by atoms with Gasteiger partial charge >= 0.3 is 0 Å². The number of nitrogens with zero attached hydrogens (tertiary/aromatic N) is 2. The lowest BCUT2D eigenvalue weighted by Gasteiger charge is -2.34. The van der Waals surface area contributed by atoms with Gasteiger partial charge in [0.1, 0.15) is 0 Å². The lowest BCUT2D eigenvalue weighted by Crippen LogP contribution is -2.50. The van der Waals surface area contributed by atoms with E-state index in [1.807, 2.05) is 40.6 Å². The molecular weight excluding hydrogens is 358 g/mol. The maximum Gasteiger partial charge on any atom is 0.264 e. The summed E-state index contributed by atoms with van der Waals surface area (Å²) in [5, 5.41) is 4.95. The Kier molecular flexibility index (Phi) is 7.42. The second-order valence-corrected chi connectivity index (χ2v) is 7.75. The number of thiophene rings is 1. The lowest BCUT2D eigenvalue weighted by atomic mass is 10.1. The quantitative estimate of drug-likeness (QED) is 0.760. The molecule has 1 aromatic carbocycles. The van der Waals surface area contributed by atoms with Crippen LogP contribution in [0.25, 0.3) is 0 Å². The summed E-state index contributed by atoms with van der Waals surface area (Å²) in [7, 11) is 0. The van der Waals surface area contributed by atoms with Crippen LogP contribution in [0.3, 0.4) is 0 Å². The maximum absolute atomic E-state index is 12.3. The van der Waals surface area contributed by atoms with Gasteiger partial charge in [-0.1, -0.05) is 36.4 Å². The number of amides is 2. The zero-order valence-corrected chi connectivity index (χ0v) is 16.4. The number of nitrogens with one attached hydrogen (secondary N) is 1. The number of hydrogen-bond acceptors (Lipinski definition) is 4. The molecule has 0 saturated carbocycles. The van der Waals surface area contributed by atoms with Gasteiger partial charge in [-0.15, -0.1) is 11.3 Å². The van der Waals surface area contributed by atoms with Crippen molar-refractivity contribution in [1.82, 2.24) is 15.1 Å². The van der Waals surface area contributed by atoms with Gasteiger partial charge in [-0.05, 0) is 29.9 Å². The highest BCUT2D eigenvalue weighted by Gasteiger charge is 2.22. The molecule has 1 aromatic heterocycles. The standard InChI is InChI=1S/C21H27N3O2S/c25-20(10-4-8-18-6-2-1-3-7-18)22-11-12-23-13-15-24(16-14-23)21(26)19-9-5-17-27-19/h1-3,5-7,9,17H,4,8,10-16H2,(H,22,25). The van der Waals surface area contributed by atoms with Crippen LogP contribution in [-0.4, -0.2) is 60.9 Å². The maximum atomic E-state index is 12.3. The van der Waals surface area contributed by atoms with Gasteiger partial charge in [0, 0.05) is 45.7 Å². The van der Waals surface area contributed by atoms with E-state index < -0.39 is 0 Å². The average molecular weight is 386 g/mol. The van der Waals surface area contributed by atoms with Gasteiger partial charge in [-0.25, -0.2) is 0 Å². The van der Waals surface area contributed by atoms with Gasteiger partial charge in [0.25, 0.3) is 5.91 Å². The van der Waals surface area contributed by atoms with Crippen molar-refractivity contribution in [3.05, 3.63) is 58.3 Å².